The molecular weight excluding hydrogens is 414 g/mol. The van der Waals surface area contributed by atoms with Crippen LogP contribution in [0.1, 0.15) is 38.2 Å². The molecule has 2 aliphatic heterocycles. The SMILES string of the molecule is C[C@H]1C(=O)N(CCCN2CCCC2=O)CC(=O)N1CCCOCc1ccccc1.O=CO. The third-order valence-corrected chi connectivity index (χ3v) is 5.61. The van der Waals surface area contributed by atoms with Crippen LogP contribution in [-0.4, -0.2) is 89.4 Å². The van der Waals surface area contributed by atoms with E-state index in [1.165, 1.54) is 0 Å². The minimum absolute atomic E-state index is 0.0115. The summed E-state index contributed by atoms with van der Waals surface area (Å²) in [6, 6.07) is 9.52. The Kier molecular flexibility index (Phi) is 10.7. The number of hydrogen-bond acceptors (Lipinski definition) is 5. The number of carbonyl (C=O) groups excluding carboxylic acids is 3. The second kappa shape index (κ2) is 13.5. The molecule has 0 bridgehead atoms. The van der Waals surface area contributed by atoms with Crippen LogP contribution >= 0.6 is 0 Å². The van der Waals surface area contributed by atoms with Crippen LogP contribution in [0.3, 0.4) is 0 Å². The molecule has 176 valence electrons. The summed E-state index contributed by atoms with van der Waals surface area (Å²) in [5.41, 5.74) is 1.12. The van der Waals surface area contributed by atoms with E-state index in [0.717, 1.165) is 18.5 Å². The van der Waals surface area contributed by atoms with Crippen molar-refractivity contribution < 1.29 is 29.0 Å². The predicted molar refractivity (Wildman–Crippen MR) is 118 cm³/mol. The van der Waals surface area contributed by atoms with Gasteiger partial charge in [0.1, 0.15) is 6.04 Å². The molecule has 3 amide bonds. The third kappa shape index (κ3) is 7.64. The van der Waals surface area contributed by atoms with Crippen molar-refractivity contribution in [2.75, 3.05) is 39.3 Å². The molecule has 0 saturated carbocycles. The normalized spacial score (nSPS) is 18.6. The molecule has 1 N–H and O–H groups in total. The lowest BCUT2D eigenvalue weighted by Crippen LogP contribution is -2.59. The zero-order valence-corrected chi connectivity index (χ0v) is 18.6. The first-order chi connectivity index (χ1) is 15.5. The maximum atomic E-state index is 12.7. The van der Waals surface area contributed by atoms with Crippen molar-refractivity contribution >= 4 is 24.2 Å². The Morgan fingerprint density at radius 3 is 2.38 bits per heavy atom. The molecule has 2 fully saturated rings. The van der Waals surface area contributed by atoms with E-state index in [1.54, 1.807) is 16.7 Å². The molecule has 1 atom stereocenters. The lowest BCUT2D eigenvalue weighted by Gasteiger charge is -2.39. The Bertz CT molecular complexity index is 757. The zero-order valence-electron chi connectivity index (χ0n) is 18.6. The molecule has 2 saturated heterocycles. The highest BCUT2D eigenvalue weighted by molar-refractivity contribution is 5.94. The third-order valence-electron chi connectivity index (χ3n) is 5.61. The quantitative estimate of drug-likeness (QED) is 0.429. The summed E-state index contributed by atoms with van der Waals surface area (Å²) >= 11 is 0. The van der Waals surface area contributed by atoms with Gasteiger partial charge < -0.3 is 24.5 Å². The Morgan fingerprint density at radius 1 is 1.03 bits per heavy atom. The van der Waals surface area contributed by atoms with E-state index in [0.29, 0.717) is 52.1 Å². The van der Waals surface area contributed by atoms with E-state index in [1.807, 2.05) is 35.2 Å². The number of amides is 3. The van der Waals surface area contributed by atoms with Crippen LogP contribution in [0.4, 0.5) is 0 Å². The van der Waals surface area contributed by atoms with Gasteiger partial charge in [0.15, 0.2) is 0 Å². The van der Waals surface area contributed by atoms with E-state index in [2.05, 4.69) is 0 Å². The van der Waals surface area contributed by atoms with Crippen LogP contribution < -0.4 is 0 Å². The van der Waals surface area contributed by atoms with E-state index in [4.69, 9.17) is 14.6 Å². The predicted octanol–water partition coefficient (Wildman–Crippen LogP) is 1.37. The van der Waals surface area contributed by atoms with Crippen molar-refractivity contribution in [3.8, 4) is 0 Å². The second-order valence-corrected chi connectivity index (χ2v) is 7.86. The monoisotopic (exact) mass is 447 g/mol. The summed E-state index contributed by atoms with van der Waals surface area (Å²) in [4.78, 5) is 50.4. The van der Waals surface area contributed by atoms with Crippen molar-refractivity contribution in [2.24, 2.45) is 0 Å². The fourth-order valence-electron chi connectivity index (χ4n) is 3.95. The molecule has 0 aliphatic carbocycles. The van der Waals surface area contributed by atoms with Gasteiger partial charge in [-0.25, -0.2) is 0 Å². The van der Waals surface area contributed by atoms with Crippen LogP contribution in [0.25, 0.3) is 0 Å². The Labute approximate surface area is 188 Å². The Balaban J connectivity index is 0.00000114. The largest absolute Gasteiger partial charge is 0.483 e. The summed E-state index contributed by atoms with van der Waals surface area (Å²) < 4.78 is 5.67. The van der Waals surface area contributed by atoms with Crippen molar-refractivity contribution in [2.45, 2.75) is 45.3 Å². The number of carbonyl (C=O) groups is 4. The summed E-state index contributed by atoms with van der Waals surface area (Å²) in [5.74, 6) is 0.167. The molecule has 9 heteroatoms. The van der Waals surface area contributed by atoms with E-state index in [-0.39, 0.29) is 30.7 Å². The van der Waals surface area contributed by atoms with Crippen molar-refractivity contribution in [3.63, 3.8) is 0 Å². The molecule has 9 nitrogen and oxygen atoms in total. The van der Waals surface area contributed by atoms with Crippen LogP contribution in [0.5, 0.6) is 0 Å². The summed E-state index contributed by atoms with van der Waals surface area (Å²) in [6.45, 7) is 5.28. The van der Waals surface area contributed by atoms with Crippen molar-refractivity contribution in [3.05, 3.63) is 35.9 Å². The van der Waals surface area contributed by atoms with E-state index in [9.17, 15) is 14.4 Å². The van der Waals surface area contributed by atoms with Gasteiger partial charge in [0, 0.05) is 39.2 Å². The van der Waals surface area contributed by atoms with Gasteiger partial charge in [0.2, 0.25) is 17.7 Å². The number of hydrogen-bond donors (Lipinski definition) is 1. The van der Waals surface area contributed by atoms with E-state index >= 15 is 0 Å². The van der Waals surface area contributed by atoms with Gasteiger partial charge in [0.25, 0.3) is 6.47 Å². The number of carboxylic acid groups (broad SMARTS) is 1. The standard InChI is InChI=1S/C22H31N3O4.CH2O2/c1-18-22(28)24(13-6-12-23-11-5-10-20(23)26)16-21(27)25(18)14-7-15-29-17-19-8-3-2-4-9-19;2-1-3/h2-4,8-9,18H,5-7,10-17H2,1H3;1H,(H,2,3)/t18-;/m0./s1. The van der Waals surface area contributed by atoms with Gasteiger partial charge in [-0.05, 0) is 31.7 Å². The lowest BCUT2D eigenvalue weighted by atomic mass is 10.1. The molecule has 0 radical (unpaired) electrons. The molecule has 1 aromatic carbocycles. The number of benzene rings is 1. The number of likely N-dealkylation sites (tertiary alicyclic amines) is 1. The lowest BCUT2D eigenvalue weighted by molar-refractivity contribution is -0.155. The highest BCUT2D eigenvalue weighted by Gasteiger charge is 2.35. The summed E-state index contributed by atoms with van der Waals surface area (Å²) in [7, 11) is 0. The smallest absolute Gasteiger partial charge is 0.290 e. The average molecular weight is 448 g/mol. The van der Waals surface area contributed by atoms with Gasteiger partial charge in [0.05, 0.1) is 13.2 Å². The highest BCUT2D eigenvalue weighted by atomic mass is 16.5. The number of ether oxygens (including phenoxy) is 1. The average Bonchev–Trinajstić information content (AvgIpc) is 3.19. The van der Waals surface area contributed by atoms with Crippen LogP contribution in [-0.2, 0) is 30.5 Å². The molecule has 0 unspecified atom stereocenters. The zero-order chi connectivity index (χ0) is 23.3. The molecule has 0 spiro atoms. The maximum absolute atomic E-state index is 12.7. The van der Waals surface area contributed by atoms with Gasteiger partial charge in [-0.3, -0.25) is 19.2 Å². The maximum Gasteiger partial charge on any atom is 0.290 e. The first kappa shape index (κ1) is 25.3. The Hall–Kier alpha value is -2.94. The van der Waals surface area contributed by atoms with E-state index < -0.39 is 6.04 Å². The molecule has 1 aromatic rings. The van der Waals surface area contributed by atoms with Crippen LogP contribution in [0.2, 0.25) is 0 Å². The number of nitrogens with zero attached hydrogens (tertiary/aromatic N) is 3. The summed E-state index contributed by atoms with van der Waals surface area (Å²) in [5, 5.41) is 6.89. The fourth-order valence-corrected chi connectivity index (χ4v) is 3.95. The molecule has 3 rings (SSSR count). The van der Waals surface area contributed by atoms with Crippen molar-refractivity contribution in [1.29, 1.82) is 0 Å². The molecular formula is C23H33N3O6. The minimum atomic E-state index is -0.446. The van der Waals surface area contributed by atoms with Gasteiger partial charge in [-0.2, -0.15) is 0 Å². The van der Waals surface area contributed by atoms with Gasteiger partial charge >= 0.3 is 0 Å². The van der Waals surface area contributed by atoms with Crippen LogP contribution in [0, 0.1) is 0 Å². The number of piperazine rings is 1. The van der Waals surface area contributed by atoms with Gasteiger partial charge in [-0.15, -0.1) is 0 Å². The number of rotatable bonds is 10. The minimum Gasteiger partial charge on any atom is -0.483 e. The molecule has 2 aliphatic rings. The first-order valence-corrected chi connectivity index (χ1v) is 11.0. The fraction of sp³-hybridized carbons (Fsp3) is 0.565. The molecule has 32 heavy (non-hydrogen) atoms. The van der Waals surface area contributed by atoms with Crippen LogP contribution in [0.15, 0.2) is 30.3 Å². The van der Waals surface area contributed by atoms with Crippen molar-refractivity contribution in [1.82, 2.24) is 14.7 Å². The second-order valence-electron chi connectivity index (χ2n) is 7.86. The Morgan fingerprint density at radius 2 is 1.72 bits per heavy atom. The van der Waals surface area contributed by atoms with Gasteiger partial charge in [-0.1, -0.05) is 30.3 Å². The highest BCUT2D eigenvalue weighted by Crippen LogP contribution is 2.15. The molecule has 0 aromatic heterocycles. The molecule has 2 heterocycles. The summed E-state index contributed by atoms with van der Waals surface area (Å²) in [6.07, 6.45) is 2.96. The topological polar surface area (TPSA) is 107 Å². The first-order valence-electron chi connectivity index (χ1n) is 11.0.